The van der Waals surface area contributed by atoms with Crippen LogP contribution in [0.5, 0.6) is 0 Å². The maximum absolute atomic E-state index is 10.8. The fourth-order valence-electron chi connectivity index (χ4n) is 1.20. The molecule has 0 unspecified atom stereocenters. The summed E-state index contributed by atoms with van der Waals surface area (Å²) in [5.41, 5.74) is 1.23. The molecular formula is C6H6N2O2. The Balaban J connectivity index is 2.43. The highest BCUT2D eigenvalue weighted by atomic mass is 16.2. The van der Waals surface area contributed by atoms with Crippen molar-refractivity contribution < 1.29 is 9.59 Å². The number of carbonyl (C=O) groups is 2. The quantitative estimate of drug-likeness (QED) is 0.430. The zero-order valence-electron chi connectivity index (χ0n) is 5.23. The van der Waals surface area contributed by atoms with Crippen LogP contribution in [-0.4, -0.2) is 24.9 Å². The molecular weight excluding hydrogens is 132 g/mol. The minimum absolute atomic E-state index is 0.103. The molecule has 0 aromatic carbocycles. The Morgan fingerprint density at radius 2 is 1.30 bits per heavy atom. The van der Waals surface area contributed by atoms with Crippen molar-refractivity contribution in [3.63, 3.8) is 0 Å². The van der Waals surface area contributed by atoms with E-state index in [1.54, 1.807) is 0 Å². The molecule has 4 heteroatoms. The summed E-state index contributed by atoms with van der Waals surface area (Å²) in [5.74, 6) is -0.207. The van der Waals surface area contributed by atoms with Crippen LogP contribution in [0.25, 0.3) is 0 Å². The average Bonchev–Trinajstić information content (AvgIpc) is 2.41. The van der Waals surface area contributed by atoms with Crippen molar-refractivity contribution in [2.24, 2.45) is 0 Å². The molecule has 52 valence electrons. The molecule has 0 bridgehead atoms. The minimum Gasteiger partial charge on any atom is -0.348 e. The van der Waals surface area contributed by atoms with Crippen LogP contribution in [0.3, 0.4) is 0 Å². The van der Waals surface area contributed by atoms with E-state index in [-0.39, 0.29) is 11.8 Å². The van der Waals surface area contributed by atoms with Crippen LogP contribution >= 0.6 is 0 Å². The van der Waals surface area contributed by atoms with Crippen LogP contribution in [0.2, 0.25) is 0 Å². The fourth-order valence-corrected chi connectivity index (χ4v) is 1.20. The van der Waals surface area contributed by atoms with E-state index in [1.807, 2.05) is 0 Å². The lowest BCUT2D eigenvalue weighted by atomic mass is 10.2. The van der Waals surface area contributed by atoms with E-state index in [1.165, 1.54) is 0 Å². The van der Waals surface area contributed by atoms with Gasteiger partial charge in [-0.3, -0.25) is 9.59 Å². The maximum Gasteiger partial charge on any atom is 0.249 e. The molecule has 2 N–H and O–H groups in total. The highest BCUT2D eigenvalue weighted by Crippen LogP contribution is 2.14. The largest absolute Gasteiger partial charge is 0.348 e. The summed E-state index contributed by atoms with van der Waals surface area (Å²) in [6.07, 6.45) is 0. The van der Waals surface area contributed by atoms with Crippen molar-refractivity contribution in [1.82, 2.24) is 10.6 Å². The predicted molar refractivity (Wildman–Crippen MR) is 33.0 cm³/mol. The number of nitrogens with one attached hydrogen (secondary N) is 2. The number of hydrogen-bond acceptors (Lipinski definition) is 2. The Morgan fingerprint density at radius 1 is 0.900 bits per heavy atom. The molecule has 0 aromatic heterocycles. The Morgan fingerprint density at radius 3 is 1.70 bits per heavy atom. The van der Waals surface area contributed by atoms with E-state index in [0.717, 1.165) is 0 Å². The smallest absolute Gasteiger partial charge is 0.249 e. The van der Waals surface area contributed by atoms with Crippen molar-refractivity contribution in [1.29, 1.82) is 0 Å². The Bertz CT molecular complexity index is 228. The standard InChI is InChI=1S/C6H6N2O2/c9-5-3-1-7-6(10)4(3)2-8-5/h1-2H2,(H,7,10)(H,8,9). The summed E-state index contributed by atoms with van der Waals surface area (Å²) in [5, 5.41) is 5.16. The molecule has 0 aromatic rings. The van der Waals surface area contributed by atoms with Crippen molar-refractivity contribution in [3.8, 4) is 0 Å². The van der Waals surface area contributed by atoms with Crippen LogP contribution < -0.4 is 10.6 Å². The lowest BCUT2D eigenvalue weighted by Crippen LogP contribution is -2.28. The SMILES string of the molecule is O=C1NCC2=C1CNC2=O. The molecule has 2 aliphatic heterocycles. The molecule has 0 aliphatic carbocycles. The van der Waals surface area contributed by atoms with E-state index in [9.17, 15) is 9.59 Å². The van der Waals surface area contributed by atoms with Gasteiger partial charge in [-0.2, -0.15) is 0 Å². The second-order valence-electron chi connectivity index (χ2n) is 2.32. The van der Waals surface area contributed by atoms with Crippen LogP contribution in [0.4, 0.5) is 0 Å². The topological polar surface area (TPSA) is 58.2 Å². The summed E-state index contributed by atoms with van der Waals surface area (Å²) in [4.78, 5) is 21.7. The van der Waals surface area contributed by atoms with Gasteiger partial charge in [0.1, 0.15) is 0 Å². The zero-order valence-corrected chi connectivity index (χ0v) is 5.23. The van der Waals surface area contributed by atoms with Gasteiger partial charge in [0.2, 0.25) is 11.8 Å². The van der Waals surface area contributed by atoms with Gasteiger partial charge in [-0.25, -0.2) is 0 Å². The number of rotatable bonds is 0. The van der Waals surface area contributed by atoms with E-state index in [2.05, 4.69) is 10.6 Å². The fraction of sp³-hybridized carbons (Fsp3) is 0.333. The van der Waals surface area contributed by atoms with Gasteiger partial charge in [0, 0.05) is 24.2 Å². The first kappa shape index (κ1) is 5.46. The van der Waals surface area contributed by atoms with Gasteiger partial charge in [-0.1, -0.05) is 0 Å². The molecule has 0 radical (unpaired) electrons. The van der Waals surface area contributed by atoms with Gasteiger partial charge in [0.25, 0.3) is 0 Å². The van der Waals surface area contributed by atoms with Gasteiger partial charge in [0.05, 0.1) is 0 Å². The monoisotopic (exact) mass is 138 g/mol. The highest BCUT2D eigenvalue weighted by Gasteiger charge is 2.31. The Hall–Kier alpha value is -1.32. The number of carbonyl (C=O) groups excluding carboxylic acids is 2. The summed E-state index contributed by atoms with van der Waals surface area (Å²) >= 11 is 0. The van der Waals surface area contributed by atoms with Gasteiger partial charge in [-0.05, 0) is 0 Å². The zero-order chi connectivity index (χ0) is 7.14. The number of hydrogen-bond donors (Lipinski definition) is 2. The van der Waals surface area contributed by atoms with E-state index >= 15 is 0 Å². The molecule has 0 atom stereocenters. The van der Waals surface area contributed by atoms with Crippen molar-refractivity contribution in [2.75, 3.05) is 13.1 Å². The molecule has 0 spiro atoms. The third-order valence-corrected chi connectivity index (χ3v) is 1.76. The molecule has 0 saturated heterocycles. The van der Waals surface area contributed by atoms with E-state index in [4.69, 9.17) is 0 Å². The third kappa shape index (κ3) is 0.504. The van der Waals surface area contributed by atoms with Crippen LogP contribution in [0.1, 0.15) is 0 Å². The molecule has 2 amide bonds. The maximum atomic E-state index is 10.8. The first-order chi connectivity index (χ1) is 4.79. The third-order valence-electron chi connectivity index (χ3n) is 1.76. The lowest BCUT2D eigenvalue weighted by molar-refractivity contribution is -0.116. The lowest BCUT2D eigenvalue weighted by Gasteiger charge is -1.97. The second kappa shape index (κ2) is 1.59. The highest BCUT2D eigenvalue weighted by molar-refractivity contribution is 6.11. The van der Waals surface area contributed by atoms with Crippen LogP contribution in [-0.2, 0) is 9.59 Å². The summed E-state index contributed by atoms with van der Waals surface area (Å²) in [7, 11) is 0. The normalized spacial score (nSPS) is 22.8. The summed E-state index contributed by atoms with van der Waals surface area (Å²) in [6.45, 7) is 0.806. The van der Waals surface area contributed by atoms with Crippen molar-refractivity contribution >= 4 is 11.8 Å². The Kier molecular flexibility index (Phi) is 0.869. The summed E-state index contributed by atoms with van der Waals surface area (Å²) in [6, 6.07) is 0. The van der Waals surface area contributed by atoms with Crippen molar-refractivity contribution in [3.05, 3.63) is 11.1 Å². The molecule has 4 nitrogen and oxygen atoms in total. The molecule has 2 heterocycles. The van der Waals surface area contributed by atoms with Crippen LogP contribution in [0, 0.1) is 0 Å². The second-order valence-corrected chi connectivity index (χ2v) is 2.32. The summed E-state index contributed by atoms with van der Waals surface area (Å²) < 4.78 is 0. The average molecular weight is 138 g/mol. The van der Waals surface area contributed by atoms with Gasteiger partial charge in [0.15, 0.2) is 0 Å². The molecule has 0 saturated carbocycles. The molecule has 0 fully saturated rings. The van der Waals surface area contributed by atoms with E-state index < -0.39 is 0 Å². The minimum atomic E-state index is -0.103. The van der Waals surface area contributed by atoms with Gasteiger partial charge < -0.3 is 10.6 Å². The van der Waals surface area contributed by atoms with E-state index in [0.29, 0.717) is 24.2 Å². The molecule has 2 rings (SSSR count). The van der Waals surface area contributed by atoms with Gasteiger partial charge >= 0.3 is 0 Å². The molecule has 2 aliphatic rings. The number of amides is 2. The van der Waals surface area contributed by atoms with Crippen molar-refractivity contribution in [2.45, 2.75) is 0 Å². The first-order valence-electron chi connectivity index (χ1n) is 3.07. The molecule has 10 heavy (non-hydrogen) atoms. The predicted octanol–water partition coefficient (Wildman–Crippen LogP) is -1.46. The Labute approximate surface area is 57.3 Å². The van der Waals surface area contributed by atoms with Gasteiger partial charge in [-0.15, -0.1) is 0 Å². The first-order valence-corrected chi connectivity index (χ1v) is 3.07. The van der Waals surface area contributed by atoms with Crippen LogP contribution in [0.15, 0.2) is 11.1 Å².